The van der Waals surface area contributed by atoms with Crippen molar-refractivity contribution in [2.45, 2.75) is 19.4 Å². The molecule has 0 radical (unpaired) electrons. The number of carbonyl (C=O) groups is 2. The fourth-order valence-electron chi connectivity index (χ4n) is 2.15. The number of carboxylic acid groups (broad SMARTS) is 1. The van der Waals surface area contributed by atoms with Crippen LogP contribution in [-0.4, -0.2) is 40.2 Å². The largest absolute Gasteiger partial charge is 0.497 e. The van der Waals surface area contributed by atoms with Crippen LogP contribution in [0.5, 0.6) is 5.75 Å². The number of nitrogens with two attached hydrogens (primary N) is 1. The fourth-order valence-corrected chi connectivity index (χ4v) is 2.15. The quantitative estimate of drug-likeness (QED) is 0.846. The second-order valence-electron chi connectivity index (χ2n) is 4.58. The van der Waals surface area contributed by atoms with Crippen LogP contribution < -0.4 is 10.5 Å². The molecule has 1 heterocycles. The number of fused-ring (bicyclic) bond motifs is 1. The van der Waals surface area contributed by atoms with E-state index in [0.717, 1.165) is 5.39 Å². The molecule has 7 heteroatoms. The average molecular weight is 294 g/mol. The third-order valence-corrected chi connectivity index (χ3v) is 3.19. The van der Waals surface area contributed by atoms with Crippen molar-refractivity contribution in [2.75, 3.05) is 7.11 Å². The van der Waals surface area contributed by atoms with Crippen LogP contribution in [-0.2, 0) is 11.2 Å². The first-order chi connectivity index (χ1) is 9.43. The number of benzene rings is 1. The molecule has 1 aromatic carbocycles. The van der Waals surface area contributed by atoms with Crippen LogP contribution in [0.25, 0.3) is 10.9 Å². The van der Waals surface area contributed by atoms with Crippen LogP contribution in [0.4, 0.5) is 0 Å². The van der Waals surface area contributed by atoms with Crippen molar-refractivity contribution < 1.29 is 24.9 Å². The highest BCUT2D eigenvalue weighted by Crippen LogP contribution is 2.26. The van der Waals surface area contributed by atoms with Gasteiger partial charge in [0, 0.05) is 24.9 Å². The lowest BCUT2D eigenvalue weighted by Gasteiger charge is -2.05. The van der Waals surface area contributed by atoms with Gasteiger partial charge in [-0.25, -0.2) is 0 Å². The summed E-state index contributed by atoms with van der Waals surface area (Å²) in [6.07, 6.45) is 1.79. The number of hydrogen-bond donors (Lipinski definition) is 2. The molecule has 0 aliphatic carbocycles. The molecule has 0 bridgehead atoms. The SMILES string of the molecule is COc1ccc2c(c1)c(CC(N)C(=O)O)cn2C(C)=O.O. The zero-order valence-corrected chi connectivity index (χ0v) is 11.8. The summed E-state index contributed by atoms with van der Waals surface area (Å²) in [6.45, 7) is 1.45. The van der Waals surface area contributed by atoms with Gasteiger partial charge >= 0.3 is 5.97 Å². The molecule has 21 heavy (non-hydrogen) atoms. The van der Waals surface area contributed by atoms with Crippen LogP contribution in [0.3, 0.4) is 0 Å². The number of aromatic nitrogens is 1. The van der Waals surface area contributed by atoms with E-state index >= 15 is 0 Å². The minimum absolute atomic E-state index is 0. The van der Waals surface area contributed by atoms with Crippen molar-refractivity contribution in [2.24, 2.45) is 5.73 Å². The smallest absolute Gasteiger partial charge is 0.320 e. The molecular formula is C14H18N2O5. The number of carbonyl (C=O) groups excluding carboxylic acids is 1. The zero-order valence-electron chi connectivity index (χ0n) is 11.8. The molecule has 1 atom stereocenters. The third kappa shape index (κ3) is 3.21. The molecule has 2 rings (SSSR count). The van der Waals surface area contributed by atoms with Crippen molar-refractivity contribution in [3.05, 3.63) is 30.0 Å². The number of aliphatic carboxylic acids is 1. The maximum absolute atomic E-state index is 11.6. The molecule has 0 saturated heterocycles. The predicted octanol–water partition coefficient (Wildman–Crippen LogP) is 0.440. The van der Waals surface area contributed by atoms with Crippen LogP contribution in [0.15, 0.2) is 24.4 Å². The topological polar surface area (TPSA) is 126 Å². The number of nitrogens with zero attached hydrogens (tertiary/aromatic N) is 1. The Bertz CT molecular complexity index is 677. The van der Waals surface area contributed by atoms with Crippen LogP contribution >= 0.6 is 0 Å². The molecule has 114 valence electrons. The van der Waals surface area contributed by atoms with Gasteiger partial charge in [0.1, 0.15) is 11.8 Å². The van der Waals surface area contributed by atoms with Gasteiger partial charge in [0.2, 0.25) is 5.91 Å². The van der Waals surface area contributed by atoms with Gasteiger partial charge in [0.25, 0.3) is 0 Å². The van der Waals surface area contributed by atoms with Gasteiger partial charge in [-0.3, -0.25) is 14.2 Å². The standard InChI is InChI=1S/C14H16N2O4.H2O/c1-8(17)16-7-9(5-12(15)14(18)19)11-6-10(20-2)3-4-13(11)16;/h3-4,6-7,12H,5,15H2,1-2H3,(H,18,19);1H2. The summed E-state index contributed by atoms with van der Waals surface area (Å²) in [5, 5.41) is 9.68. The Hall–Kier alpha value is -2.38. The van der Waals surface area contributed by atoms with Crippen molar-refractivity contribution in [3.63, 3.8) is 0 Å². The van der Waals surface area contributed by atoms with Crippen LogP contribution in [0.2, 0.25) is 0 Å². The number of rotatable bonds is 4. The number of ether oxygens (including phenoxy) is 1. The van der Waals surface area contributed by atoms with E-state index in [2.05, 4.69) is 0 Å². The Labute approximate surface area is 121 Å². The van der Waals surface area contributed by atoms with E-state index in [0.29, 0.717) is 16.8 Å². The number of hydrogen-bond acceptors (Lipinski definition) is 4. The minimum atomic E-state index is -1.07. The Kier molecular flexibility index (Phi) is 5.07. The van der Waals surface area contributed by atoms with Gasteiger partial charge in [-0.05, 0) is 23.8 Å². The van der Waals surface area contributed by atoms with Gasteiger partial charge in [0.15, 0.2) is 0 Å². The maximum Gasteiger partial charge on any atom is 0.320 e. The van der Waals surface area contributed by atoms with Gasteiger partial charge < -0.3 is 21.1 Å². The van der Waals surface area contributed by atoms with Crippen molar-refractivity contribution in [1.29, 1.82) is 0 Å². The van der Waals surface area contributed by atoms with Crippen LogP contribution in [0.1, 0.15) is 17.3 Å². The lowest BCUT2D eigenvalue weighted by molar-refractivity contribution is -0.138. The monoisotopic (exact) mass is 294 g/mol. The van der Waals surface area contributed by atoms with Gasteiger partial charge in [0.05, 0.1) is 12.6 Å². The third-order valence-electron chi connectivity index (χ3n) is 3.19. The molecular weight excluding hydrogens is 276 g/mol. The van der Waals surface area contributed by atoms with E-state index in [-0.39, 0.29) is 17.8 Å². The first kappa shape index (κ1) is 16.7. The summed E-state index contributed by atoms with van der Waals surface area (Å²) in [7, 11) is 1.55. The molecule has 0 fully saturated rings. The van der Waals surface area contributed by atoms with E-state index in [1.807, 2.05) is 0 Å². The van der Waals surface area contributed by atoms with Crippen molar-refractivity contribution >= 4 is 22.8 Å². The Morgan fingerprint density at radius 2 is 2.10 bits per heavy atom. The Morgan fingerprint density at radius 1 is 1.43 bits per heavy atom. The molecule has 2 aromatic rings. The molecule has 0 saturated carbocycles. The summed E-state index contributed by atoms with van der Waals surface area (Å²) in [5.74, 6) is -0.573. The lowest BCUT2D eigenvalue weighted by atomic mass is 10.1. The van der Waals surface area contributed by atoms with Crippen molar-refractivity contribution in [3.8, 4) is 5.75 Å². The predicted molar refractivity (Wildman–Crippen MR) is 77.7 cm³/mol. The molecule has 0 amide bonds. The zero-order chi connectivity index (χ0) is 14.9. The second-order valence-corrected chi connectivity index (χ2v) is 4.58. The maximum atomic E-state index is 11.6. The molecule has 0 aliphatic rings. The van der Waals surface area contributed by atoms with E-state index in [9.17, 15) is 9.59 Å². The fraction of sp³-hybridized carbons (Fsp3) is 0.286. The van der Waals surface area contributed by atoms with Gasteiger partial charge in [-0.1, -0.05) is 0 Å². The lowest BCUT2D eigenvalue weighted by Crippen LogP contribution is -2.32. The average Bonchev–Trinajstić information content (AvgIpc) is 2.76. The Balaban J connectivity index is 0.00000220. The highest BCUT2D eigenvalue weighted by molar-refractivity contribution is 5.94. The minimum Gasteiger partial charge on any atom is -0.497 e. The van der Waals surface area contributed by atoms with Crippen LogP contribution in [0, 0.1) is 0 Å². The highest BCUT2D eigenvalue weighted by Gasteiger charge is 2.18. The highest BCUT2D eigenvalue weighted by atomic mass is 16.5. The summed E-state index contributed by atoms with van der Waals surface area (Å²) < 4.78 is 6.64. The molecule has 5 N–H and O–H groups in total. The molecule has 0 spiro atoms. The summed E-state index contributed by atoms with van der Waals surface area (Å²) in [6, 6.07) is 4.29. The van der Waals surface area contributed by atoms with E-state index in [1.54, 1.807) is 31.5 Å². The summed E-state index contributed by atoms with van der Waals surface area (Å²) in [4.78, 5) is 22.5. The van der Waals surface area contributed by atoms with Gasteiger partial charge in [-0.2, -0.15) is 0 Å². The molecule has 1 aromatic heterocycles. The van der Waals surface area contributed by atoms with E-state index in [4.69, 9.17) is 15.6 Å². The van der Waals surface area contributed by atoms with E-state index in [1.165, 1.54) is 11.5 Å². The Morgan fingerprint density at radius 3 is 2.62 bits per heavy atom. The second kappa shape index (κ2) is 6.38. The number of carboxylic acids is 1. The first-order valence-electron chi connectivity index (χ1n) is 6.11. The summed E-state index contributed by atoms with van der Waals surface area (Å²) >= 11 is 0. The molecule has 1 unspecified atom stereocenters. The van der Waals surface area contributed by atoms with Gasteiger partial charge in [-0.15, -0.1) is 0 Å². The number of methoxy groups -OCH3 is 1. The normalized spacial score (nSPS) is 11.8. The molecule has 0 aliphatic heterocycles. The van der Waals surface area contributed by atoms with Crippen molar-refractivity contribution in [1.82, 2.24) is 4.57 Å². The molecule has 7 nitrogen and oxygen atoms in total. The van der Waals surface area contributed by atoms with E-state index < -0.39 is 12.0 Å². The summed E-state index contributed by atoms with van der Waals surface area (Å²) in [5.41, 5.74) is 7.00. The first-order valence-corrected chi connectivity index (χ1v) is 6.11.